The number of esters is 1. The van der Waals surface area contributed by atoms with Gasteiger partial charge < -0.3 is 9.84 Å². The molecule has 4 nitrogen and oxygen atoms in total. The number of carbonyl (C=O) groups is 2. The first-order valence-corrected chi connectivity index (χ1v) is 11.0. The summed E-state index contributed by atoms with van der Waals surface area (Å²) < 4.78 is 5.26. The zero-order chi connectivity index (χ0) is 19.3. The first-order valence-electron chi connectivity index (χ1n) is 11.0. The summed E-state index contributed by atoms with van der Waals surface area (Å²) in [6.07, 6.45) is 19.6. The molecule has 0 bridgehead atoms. The van der Waals surface area contributed by atoms with E-state index in [0.717, 1.165) is 38.5 Å². The van der Waals surface area contributed by atoms with Crippen LogP contribution in [0, 0.1) is 0 Å². The van der Waals surface area contributed by atoms with E-state index in [2.05, 4.69) is 6.92 Å². The average molecular weight is 371 g/mol. The maximum atomic E-state index is 11.5. The summed E-state index contributed by atoms with van der Waals surface area (Å²) in [6, 6.07) is 0. The van der Waals surface area contributed by atoms with Gasteiger partial charge in [0.05, 0.1) is 6.61 Å². The molecule has 154 valence electrons. The van der Waals surface area contributed by atoms with E-state index in [1.165, 1.54) is 64.2 Å². The summed E-state index contributed by atoms with van der Waals surface area (Å²) in [4.78, 5) is 21.9. The molecule has 1 N–H and O–H groups in total. The van der Waals surface area contributed by atoms with Gasteiger partial charge >= 0.3 is 11.9 Å². The highest BCUT2D eigenvalue weighted by Gasteiger charge is 2.02. The van der Waals surface area contributed by atoms with Crippen LogP contribution in [0.5, 0.6) is 0 Å². The van der Waals surface area contributed by atoms with Gasteiger partial charge in [0.25, 0.3) is 0 Å². The van der Waals surface area contributed by atoms with E-state index >= 15 is 0 Å². The molecule has 0 rings (SSSR count). The molecule has 0 radical (unpaired) electrons. The van der Waals surface area contributed by atoms with Crippen molar-refractivity contribution < 1.29 is 19.4 Å². The Bertz CT molecular complexity index is 328. The molecule has 0 aliphatic heterocycles. The lowest BCUT2D eigenvalue weighted by atomic mass is 10.0. The van der Waals surface area contributed by atoms with Gasteiger partial charge in [0, 0.05) is 12.8 Å². The molecule has 0 aromatic heterocycles. The predicted molar refractivity (Wildman–Crippen MR) is 107 cm³/mol. The van der Waals surface area contributed by atoms with E-state index in [4.69, 9.17) is 9.84 Å². The number of carboxylic acids is 1. The maximum absolute atomic E-state index is 11.5. The highest BCUT2D eigenvalue weighted by Crippen LogP contribution is 2.12. The van der Waals surface area contributed by atoms with Gasteiger partial charge in [-0.15, -0.1) is 0 Å². The Morgan fingerprint density at radius 1 is 0.615 bits per heavy atom. The molecule has 0 fully saturated rings. The normalized spacial score (nSPS) is 10.8. The Hall–Kier alpha value is -1.06. The largest absolute Gasteiger partial charge is 0.481 e. The zero-order valence-corrected chi connectivity index (χ0v) is 17.1. The van der Waals surface area contributed by atoms with Crippen LogP contribution in [0.4, 0.5) is 0 Å². The fraction of sp³-hybridized carbons (Fsp3) is 0.909. The van der Waals surface area contributed by atoms with E-state index in [0.29, 0.717) is 19.4 Å². The monoisotopic (exact) mass is 370 g/mol. The van der Waals surface area contributed by atoms with Crippen LogP contribution < -0.4 is 0 Å². The summed E-state index contributed by atoms with van der Waals surface area (Å²) in [5.41, 5.74) is 0. The van der Waals surface area contributed by atoms with Gasteiger partial charge in [-0.2, -0.15) is 0 Å². The minimum atomic E-state index is -0.675. The van der Waals surface area contributed by atoms with Crippen molar-refractivity contribution in [1.82, 2.24) is 0 Å². The molecular formula is C22H42O4. The SMILES string of the molecule is CCCCCCC(=O)OCCCCCCCCCCCCCCC(=O)O. The van der Waals surface area contributed by atoms with Crippen molar-refractivity contribution >= 4 is 11.9 Å². The lowest BCUT2D eigenvalue weighted by molar-refractivity contribution is -0.144. The second-order valence-corrected chi connectivity index (χ2v) is 7.42. The van der Waals surface area contributed by atoms with Gasteiger partial charge in [0.1, 0.15) is 0 Å². The lowest BCUT2D eigenvalue weighted by Gasteiger charge is -2.05. The second-order valence-electron chi connectivity index (χ2n) is 7.42. The fourth-order valence-corrected chi connectivity index (χ4v) is 3.10. The molecule has 0 unspecified atom stereocenters. The van der Waals surface area contributed by atoms with Crippen LogP contribution in [-0.4, -0.2) is 23.7 Å². The molecule has 0 heterocycles. The number of carbonyl (C=O) groups excluding carboxylic acids is 1. The van der Waals surface area contributed by atoms with Gasteiger partial charge in [0.2, 0.25) is 0 Å². The summed E-state index contributed by atoms with van der Waals surface area (Å²) in [5.74, 6) is -0.699. The Kier molecular flexibility index (Phi) is 19.4. The van der Waals surface area contributed by atoms with E-state index in [-0.39, 0.29) is 5.97 Å². The molecule has 0 aromatic rings. The number of rotatable bonds is 20. The highest BCUT2D eigenvalue weighted by molar-refractivity contribution is 5.69. The first-order chi connectivity index (χ1) is 12.7. The van der Waals surface area contributed by atoms with Crippen LogP contribution in [0.3, 0.4) is 0 Å². The molecule has 0 amide bonds. The van der Waals surface area contributed by atoms with Crippen LogP contribution in [0.2, 0.25) is 0 Å². The molecule has 0 atom stereocenters. The highest BCUT2D eigenvalue weighted by atomic mass is 16.5. The fourth-order valence-electron chi connectivity index (χ4n) is 3.10. The van der Waals surface area contributed by atoms with E-state index < -0.39 is 5.97 Å². The minimum Gasteiger partial charge on any atom is -0.481 e. The molecule has 0 saturated heterocycles. The summed E-state index contributed by atoms with van der Waals surface area (Å²) in [7, 11) is 0. The molecule has 0 aliphatic rings. The average Bonchev–Trinajstić information content (AvgIpc) is 2.61. The van der Waals surface area contributed by atoms with Gasteiger partial charge in [-0.3, -0.25) is 9.59 Å². The third-order valence-corrected chi connectivity index (χ3v) is 4.78. The molecule has 0 spiro atoms. The molecule has 0 aliphatic carbocycles. The zero-order valence-electron chi connectivity index (χ0n) is 17.1. The van der Waals surface area contributed by atoms with Crippen molar-refractivity contribution in [3.8, 4) is 0 Å². The van der Waals surface area contributed by atoms with Gasteiger partial charge in [-0.25, -0.2) is 0 Å². The number of carboxylic acid groups (broad SMARTS) is 1. The topological polar surface area (TPSA) is 63.6 Å². The third kappa shape index (κ3) is 21.0. The minimum absolute atomic E-state index is 0.0240. The Morgan fingerprint density at radius 3 is 1.54 bits per heavy atom. The summed E-state index contributed by atoms with van der Waals surface area (Å²) in [5, 5.41) is 8.55. The van der Waals surface area contributed by atoms with Crippen LogP contribution in [-0.2, 0) is 14.3 Å². The molecule has 4 heteroatoms. The van der Waals surface area contributed by atoms with Crippen LogP contribution in [0.1, 0.15) is 122 Å². The Balaban J connectivity index is 3.11. The maximum Gasteiger partial charge on any atom is 0.305 e. The Labute approximate surface area is 161 Å². The number of ether oxygens (including phenoxy) is 1. The molecule has 0 saturated carbocycles. The molecule has 26 heavy (non-hydrogen) atoms. The summed E-state index contributed by atoms with van der Waals surface area (Å²) >= 11 is 0. The number of hydrogen-bond donors (Lipinski definition) is 1. The predicted octanol–water partition coefficient (Wildman–Crippen LogP) is 6.66. The van der Waals surface area contributed by atoms with Gasteiger partial charge in [-0.05, 0) is 19.3 Å². The van der Waals surface area contributed by atoms with Gasteiger partial charge in [-0.1, -0.05) is 90.4 Å². The van der Waals surface area contributed by atoms with Crippen molar-refractivity contribution in [2.45, 2.75) is 122 Å². The second kappa shape index (κ2) is 20.3. The van der Waals surface area contributed by atoms with E-state index in [9.17, 15) is 9.59 Å². The van der Waals surface area contributed by atoms with Crippen LogP contribution in [0.25, 0.3) is 0 Å². The molecular weight excluding hydrogens is 328 g/mol. The van der Waals surface area contributed by atoms with Crippen molar-refractivity contribution in [3.05, 3.63) is 0 Å². The quantitative estimate of drug-likeness (QED) is 0.192. The summed E-state index contributed by atoms with van der Waals surface area (Å²) in [6.45, 7) is 2.76. The number of aliphatic carboxylic acids is 1. The van der Waals surface area contributed by atoms with Crippen LogP contribution in [0.15, 0.2) is 0 Å². The molecule has 0 aromatic carbocycles. The Morgan fingerprint density at radius 2 is 1.04 bits per heavy atom. The van der Waals surface area contributed by atoms with Gasteiger partial charge in [0.15, 0.2) is 0 Å². The van der Waals surface area contributed by atoms with E-state index in [1.807, 2.05) is 0 Å². The smallest absolute Gasteiger partial charge is 0.305 e. The lowest BCUT2D eigenvalue weighted by Crippen LogP contribution is -2.05. The van der Waals surface area contributed by atoms with Crippen molar-refractivity contribution in [2.24, 2.45) is 0 Å². The number of unbranched alkanes of at least 4 members (excludes halogenated alkanes) is 14. The van der Waals surface area contributed by atoms with Crippen molar-refractivity contribution in [1.29, 1.82) is 0 Å². The van der Waals surface area contributed by atoms with Crippen LogP contribution >= 0.6 is 0 Å². The van der Waals surface area contributed by atoms with Crippen molar-refractivity contribution in [2.75, 3.05) is 6.61 Å². The first kappa shape index (κ1) is 24.9. The third-order valence-electron chi connectivity index (χ3n) is 4.78. The standard InChI is InChI=1S/C22H42O4/c1-2-3-4-16-19-22(25)26-20-17-14-12-10-8-6-5-7-9-11-13-15-18-21(23)24/h2-20H2,1H3,(H,23,24). The number of hydrogen-bond acceptors (Lipinski definition) is 3. The van der Waals surface area contributed by atoms with E-state index in [1.54, 1.807) is 0 Å². The van der Waals surface area contributed by atoms with Crippen molar-refractivity contribution in [3.63, 3.8) is 0 Å².